The predicted molar refractivity (Wildman–Crippen MR) is 120 cm³/mol. The Kier molecular flexibility index (Phi) is 7.89. The SMILES string of the molecule is CC(C)c1ccc(C(=O)OCC(=O)Nc2ccc(Cl)c(S(=O)(=O)N3CCOCC3)c2)cc1. The van der Waals surface area contributed by atoms with E-state index in [1.54, 1.807) is 12.1 Å². The number of amides is 1. The van der Waals surface area contributed by atoms with E-state index in [-0.39, 0.29) is 28.7 Å². The molecule has 1 aliphatic heterocycles. The van der Waals surface area contributed by atoms with Gasteiger partial charge in [0.25, 0.3) is 5.91 Å². The van der Waals surface area contributed by atoms with Crippen molar-refractivity contribution in [3.63, 3.8) is 0 Å². The Bertz CT molecular complexity index is 1080. The zero-order valence-electron chi connectivity index (χ0n) is 17.8. The van der Waals surface area contributed by atoms with Crippen LogP contribution >= 0.6 is 11.6 Å². The number of sulfonamides is 1. The Labute approximate surface area is 192 Å². The first-order chi connectivity index (χ1) is 15.2. The number of anilines is 1. The first-order valence-corrected chi connectivity index (χ1v) is 11.9. The van der Waals surface area contributed by atoms with Crippen molar-refractivity contribution in [3.8, 4) is 0 Å². The van der Waals surface area contributed by atoms with Crippen molar-refractivity contribution in [2.24, 2.45) is 0 Å². The molecule has 0 saturated carbocycles. The van der Waals surface area contributed by atoms with E-state index in [2.05, 4.69) is 5.32 Å². The minimum Gasteiger partial charge on any atom is -0.452 e. The maximum atomic E-state index is 12.9. The van der Waals surface area contributed by atoms with Crippen LogP contribution in [-0.4, -0.2) is 57.5 Å². The van der Waals surface area contributed by atoms with Crippen molar-refractivity contribution in [1.29, 1.82) is 0 Å². The van der Waals surface area contributed by atoms with Crippen LogP contribution in [0.2, 0.25) is 5.02 Å². The summed E-state index contributed by atoms with van der Waals surface area (Å²) in [5.41, 5.74) is 1.65. The van der Waals surface area contributed by atoms with Crippen LogP contribution in [0.25, 0.3) is 0 Å². The Morgan fingerprint density at radius 2 is 1.78 bits per heavy atom. The van der Waals surface area contributed by atoms with Crippen molar-refractivity contribution in [3.05, 3.63) is 58.6 Å². The second kappa shape index (κ2) is 10.4. The maximum absolute atomic E-state index is 12.9. The molecule has 0 unspecified atom stereocenters. The topological polar surface area (TPSA) is 102 Å². The number of carbonyl (C=O) groups is 2. The summed E-state index contributed by atoms with van der Waals surface area (Å²) < 4.78 is 37.3. The fourth-order valence-corrected chi connectivity index (χ4v) is 5.03. The van der Waals surface area contributed by atoms with Gasteiger partial charge in [-0.25, -0.2) is 13.2 Å². The van der Waals surface area contributed by atoms with E-state index < -0.39 is 28.5 Å². The third-order valence-electron chi connectivity index (χ3n) is 4.95. The van der Waals surface area contributed by atoms with Gasteiger partial charge in [-0.3, -0.25) is 4.79 Å². The lowest BCUT2D eigenvalue weighted by Crippen LogP contribution is -2.40. The zero-order chi connectivity index (χ0) is 23.3. The van der Waals surface area contributed by atoms with Crippen LogP contribution in [0, 0.1) is 0 Å². The lowest BCUT2D eigenvalue weighted by molar-refractivity contribution is -0.119. The van der Waals surface area contributed by atoms with Crippen molar-refractivity contribution < 1.29 is 27.5 Å². The molecule has 172 valence electrons. The molecule has 0 atom stereocenters. The Morgan fingerprint density at radius 3 is 2.41 bits per heavy atom. The van der Waals surface area contributed by atoms with Gasteiger partial charge in [-0.05, 0) is 41.8 Å². The van der Waals surface area contributed by atoms with E-state index in [4.69, 9.17) is 21.1 Å². The van der Waals surface area contributed by atoms with Crippen molar-refractivity contribution in [2.45, 2.75) is 24.7 Å². The van der Waals surface area contributed by atoms with Crippen LogP contribution in [0.15, 0.2) is 47.4 Å². The molecule has 1 saturated heterocycles. The third-order valence-corrected chi connectivity index (χ3v) is 7.33. The summed E-state index contributed by atoms with van der Waals surface area (Å²) in [6.07, 6.45) is 0. The molecular weight excluding hydrogens is 456 g/mol. The minimum absolute atomic E-state index is 0.0470. The first-order valence-electron chi connectivity index (χ1n) is 10.1. The molecule has 2 aromatic rings. The summed E-state index contributed by atoms with van der Waals surface area (Å²) in [7, 11) is -3.84. The molecule has 1 fully saturated rings. The molecule has 0 bridgehead atoms. The molecule has 2 aromatic carbocycles. The monoisotopic (exact) mass is 480 g/mol. The quantitative estimate of drug-likeness (QED) is 0.610. The molecule has 1 aliphatic rings. The molecule has 0 radical (unpaired) electrons. The van der Waals surface area contributed by atoms with Crippen molar-refractivity contribution >= 4 is 39.2 Å². The number of halogens is 1. The normalized spacial score (nSPS) is 14.9. The fourth-order valence-electron chi connectivity index (χ4n) is 3.12. The van der Waals surface area contributed by atoms with Gasteiger partial charge in [0, 0.05) is 18.8 Å². The zero-order valence-corrected chi connectivity index (χ0v) is 19.4. The molecule has 1 N–H and O–H groups in total. The Hall–Kier alpha value is -2.46. The van der Waals surface area contributed by atoms with Gasteiger partial charge < -0.3 is 14.8 Å². The molecule has 32 heavy (non-hydrogen) atoms. The van der Waals surface area contributed by atoms with Crippen molar-refractivity contribution in [1.82, 2.24) is 4.31 Å². The van der Waals surface area contributed by atoms with Crippen LogP contribution in [-0.2, 0) is 24.3 Å². The Morgan fingerprint density at radius 1 is 1.12 bits per heavy atom. The van der Waals surface area contributed by atoms with Gasteiger partial charge in [-0.1, -0.05) is 37.6 Å². The summed E-state index contributed by atoms with van der Waals surface area (Å²) in [5.74, 6) is -0.890. The first kappa shape index (κ1) is 24.2. The number of benzene rings is 2. The summed E-state index contributed by atoms with van der Waals surface area (Å²) in [5, 5.41) is 2.58. The molecule has 0 aromatic heterocycles. The van der Waals surface area contributed by atoms with Gasteiger partial charge in [0.2, 0.25) is 10.0 Å². The maximum Gasteiger partial charge on any atom is 0.338 e. The number of ether oxygens (including phenoxy) is 2. The number of carbonyl (C=O) groups excluding carboxylic acids is 2. The van der Waals surface area contributed by atoms with E-state index >= 15 is 0 Å². The van der Waals surface area contributed by atoms with Crippen LogP contribution in [0.4, 0.5) is 5.69 Å². The van der Waals surface area contributed by atoms with E-state index in [0.29, 0.717) is 24.7 Å². The molecule has 8 nitrogen and oxygen atoms in total. The van der Waals surface area contributed by atoms with Crippen LogP contribution in [0.3, 0.4) is 0 Å². The van der Waals surface area contributed by atoms with E-state index in [0.717, 1.165) is 5.56 Å². The molecule has 1 heterocycles. The predicted octanol–water partition coefficient (Wildman–Crippen LogP) is 3.28. The van der Waals surface area contributed by atoms with E-state index in [1.807, 2.05) is 26.0 Å². The van der Waals surface area contributed by atoms with Gasteiger partial charge in [0.15, 0.2) is 6.61 Å². The average molecular weight is 481 g/mol. The van der Waals surface area contributed by atoms with Gasteiger partial charge in [0.05, 0.1) is 23.8 Å². The lowest BCUT2D eigenvalue weighted by atomic mass is 10.0. The molecular formula is C22H25ClN2O6S. The van der Waals surface area contributed by atoms with Crippen molar-refractivity contribution in [2.75, 3.05) is 38.2 Å². The van der Waals surface area contributed by atoms with Crippen LogP contribution in [0.5, 0.6) is 0 Å². The highest BCUT2D eigenvalue weighted by molar-refractivity contribution is 7.89. The fraction of sp³-hybridized carbons (Fsp3) is 0.364. The van der Waals surface area contributed by atoms with Gasteiger partial charge >= 0.3 is 5.97 Å². The summed E-state index contributed by atoms with van der Waals surface area (Å²) in [4.78, 5) is 24.3. The highest BCUT2D eigenvalue weighted by Gasteiger charge is 2.28. The summed E-state index contributed by atoms with van der Waals surface area (Å²) >= 11 is 6.12. The number of esters is 1. The summed E-state index contributed by atoms with van der Waals surface area (Å²) in [6.45, 7) is 4.64. The van der Waals surface area contributed by atoms with E-state index in [9.17, 15) is 18.0 Å². The largest absolute Gasteiger partial charge is 0.452 e. The molecule has 1 amide bonds. The number of morpholine rings is 1. The highest BCUT2D eigenvalue weighted by Crippen LogP contribution is 2.28. The van der Waals surface area contributed by atoms with E-state index in [1.165, 1.54) is 22.5 Å². The molecule has 0 aliphatic carbocycles. The van der Waals surface area contributed by atoms with Crippen LogP contribution in [0.1, 0.15) is 35.7 Å². The highest BCUT2D eigenvalue weighted by atomic mass is 35.5. The summed E-state index contributed by atoms with van der Waals surface area (Å²) in [6, 6.07) is 11.1. The standard InChI is InChI=1S/C22H25ClN2O6S/c1-15(2)16-3-5-17(6-4-16)22(27)31-14-21(26)24-18-7-8-19(23)20(13-18)32(28,29)25-9-11-30-12-10-25/h3-8,13,15H,9-12,14H2,1-2H3,(H,24,26). The number of hydrogen-bond acceptors (Lipinski definition) is 6. The number of hydrogen-bond donors (Lipinski definition) is 1. The molecule has 0 spiro atoms. The molecule has 3 rings (SSSR count). The lowest BCUT2D eigenvalue weighted by Gasteiger charge is -2.26. The second-order valence-corrected chi connectivity index (χ2v) is 9.88. The van der Waals surface area contributed by atoms with Crippen LogP contribution < -0.4 is 5.32 Å². The van der Waals surface area contributed by atoms with Gasteiger partial charge in [-0.2, -0.15) is 4.31 Å². The van der Waals surface area contributed by atoms with Gasteiger partial charge in [0.1, 0.15) is 4.90 Å². The number of rotatable bonds is 7. The Balaban J connectivity index is 1.62. The molecule has 10 heteroatoms. The second-order valence-electron chi connectivity index (χ2n) is 7.56. The smallest absolute Gasteiger partial charge is 0.338 e. The third kappa shape index (κ3) is 5.86. The minimum atomic E-state index is -3.84. The number of nitrogens with zero attached hydrogens (tertiary/aromatic N) is 1. The van der Waals surface area contributed by atoms with Gasteiger partial charge in [-0.15, -0.1) is 0 Å². The average Bonchev–Trinajstić information content (AvgIpc) is 2.79. The number of nitrogens with one attached hydrogen (secondary N) is 1.